The Kier molecular flexibility index (Phi) is 5.61. The van der Waals surface area contributed by atoms with Gasteiger partial charge in [-0.15, -0.1) is 0 Å². The van der Waals surface area contributed by atoms with Crippen LogP contribution in [-0.2, 0) is 0 Å². The van der Waals surface area contributed by atoms with E-state index >= 15 is 0 Å². The molecule has 7 heteroatoms. The highest BCUT2D eigenvalue weighted by Crippen LogP contribution is 2.36. The molecule has 0 radical (unpaired) electrons. The number of halogens is 1. The number of nitrogens with one attached hydrogen (secondary N) is 2. The van der Waals surface area contributed by atoms with Crippen molar-refractivity contribution in [2.45, 2.75) is 63.5 Å². The zero-order valence-electron chi connectivity index (χ0n) is 19.2. The fourth-order valence-corrected chi connectivity index (χ4v) is 5.34. The molecular formula is C27H29FN6. The van der Waals surface area contributed by atoms with Gasteiger partial charge in [-0.3, -0.25) is 0 Å². The molecule has 0 spiro atoms. The fraction of sp³-hybridized carbons (Fsp3) is 0.370. The Bertz CT molecular complexity index is 1290. The van der Waals surface area contributed by atoms with Crippen LogP contribution in [0, 0.1) is 5.82 Å². The number of pyridine rings is 1. The van der Waals surface area contributed by atoms with Gasteiger partial charge in [-0.2, -0.15) is 5.10 Å². The van der Waals surface area contributed by atoms with E-state index in [0.29, 0.717) is 18.0 Å². The topological polar surface area (TPSA) is 67.1 Å². The van der Waals surface area contributed by atoms with Gasteiger partial charge in [0, 0.05) is 23.8 Å². The van der Waals surface area contributed by atoms with Crippen molar-refractivity contribution in [3.8, 4) is 22.5 Å². The van der Waals surface area contributed by atoms with E-state index in [2.05, 4.69) is 33.8 Å². The summed E-state index contributed by atoms with van der Waals surface area (Å²) in [7, 11) is 0. The summed E-state index contributed by atoms with van der Waals surface area (Å²) in [4.78, 5) is 9.38. The van der Waals surface area contributed by atoms with Gasteiger partial charge in [0.05, 0.1) is 16.8 Å². The zero-order chi connectivity index (χ0) is 22.9. The molecule has 4 aromatic rings. The quantitative estimate of drug-likeness (QED) is 0.356. The van der Waals surface area contributed by atoms with Crippen LogP contribution in [0.1, 0.15) is 51.4 Å². The van der Waals surface area contributed by atoms with E-state index < -0.39 is 0 Å². The Hall–Kier alpha value is -3.48. The van der Waals surface area contributed by atoms with Crippen molar-refractivity contribution in [1.82, 2.24) is 19.6 Å². The molecule has 0 amide bonds. The van der Waals surface area contributed by atoms with Crippen molar-refractivity contribution in [2.24, 2.45) is 0 Å². The number of anilines is 2. The van der Waals surface area contributed by atoms with Gasteiger partial charge >= 0.3 is 0 Å². The van der Waals surface area contributed by atoms with E-state index in [0.717, 1.165) is 46.7 Å². The van der Waals surface area contributed by atoms with Crippen LogP contribution >= 0.6 is 0 Å². The van der Waals surface area contributed by atoms with Gasteiger partial charge in [-0.25, -0.2) is 18.9 Å². The molecule has 2 aliphatic carbocycles. The van der Waals surface area contributed by atoms with Crippen molar-refractivity contribution in [2.75, 3.05) is 10.6 Å². The van der Waals surface area contributed by atoms with E-state index in [-0.39, 0.29) is 5.82 Å². The van der Waals surface area contributed by atoms with Gasteiger partial charge in [0.25, 0.3) is 0 Å². The van der Waals surface area contributed by atoms with E-state index in [1.807, 2.05) is 10.6 Å². The highest BCUT2D eigenvalue weighted by atomic mass is 19.1. The number of hydrogen-bond acceptors (Lipinski definition) is 5. The maximum Gasteiger partial charge on any atom is 0.223 e. The SMILES string of the molecule is Fc1ccc(-c2nn3c(NC4CCCC4)cccc3c2-c2ccnc(NC3CCCC3)n2)cc1. The van der Waals surface area contributed by atoms with Crippen LogP contribution in [0.15, 0.2) is 54.7 Å². The molecule has 0 unspecified atom stereocenters. The van der Waals surface area contributed by atoms with E-state index in [9.17, 15) is 4.39 Å². The second-order valence-corrected chi connectivity index (χ2v) is 9.46. The van der Waals surface area contributed by atoms with E-state index in [4.69, 9.17) is 10.1 Å². The average molecular weight is 457 g/mol. The lowest BCUT2D eigenvalue weighted by atomic mass is 10.0. The molecule has 1 aromatic carbocycles. The van der Waals surface area contributed by atoms with Gasteiger partial charge in [0.15, 0.2) is 0 Å². The standard InChI is InChI=1S/C27H29FN6/c28-19-14-12-18(13-15-19)26-25(22-16-17-29-27(32-22)31-21-8-3-4-9-21)23-10-5-11-24(34(23)33-26)30-20-6-1-2-7-20/h5,10-17,20-21,30H,1-4,6-9H2,(H,29,31,32). The first-order valence-corrected chi connectivity index (χ1v) is 12.4. The Morgan fingerprint density at radius 1 is 0.824 bits per heavy atom. The van der Waals surface area contributed by atoms with Crippen LogP contribution in [0.5, 0.6) is 0 Å². The second kappa shape index (κ2) is 9.05. The monoisotopic (exact) mass is 456 g/mol. The molecule has 0 saturated heterocycles. The maximum absolute atomic E-state index is 13.7. The van der Waals surface area contributed by atoms with Crippen molar-refractivity contribution >= 4 is 17.3 Å². The number of benzene rings is 1. The largest absolute Gasteiger partial charge is 0.367 e. The maximum atomic E-state index is 13.7. The lowest BCUT2D eigenvalue weighted by Crippen LogP contribution is -2.17. The summed E-state index contributed by atoms with van der Waals surface area (Å²) in [6.07, 6.45) is 11.5. The molecule has 0 atom stereocenters. The first-order valence-electron chi connectivity index (χ1n) is 12.4. The molecule has 6 nitrogen and oxygen atoms in total. The summed E-state index contributed by atoms with van der Waals surface area (Å²) < 4.78 is 15.7. The molecule has 2 N–H and O–H groups in total. The Morgan fingerprint density at radius 2 is 1.53 bits per heavy atom. The predicted octanol–water partition coefficient (Wildman–Crippen LogP) is 6.31. The smallest absolute Gasteiger partial charge is 0.223 e. The van der Waals surface area contributed by atoms with Gasteiger partial charge in [0.2, 0.25) is 5.95 Å². The first-order chi connectivity index (χ1) is 16.7. The third kappa shape index (κ3) is 4.11. The zero-order valence-corrected chi connectivity index (χ0v) is 19.2. The fourth-order valence-electron chi connectivity index (χ4n) is 5.34. The van der Waals surface area contributed by atoms with Crippen molar-refractivity contribution < 1.29 is 4.39 Å². The first kappa shape index (κ1) is 21.1. The molecule has 2 fully saturated rings. The van der Waals surface area contributed by atoms with Crippen LogP contribution in [0.4, 0.5) is 16.2 Å². The molecule has 3 heterocycles. The Balaban J connectivity index is 1.47. The Morgan fingerprint density at radius 3 is 2.26 bits per heavy atom. The number of aromatic nitrogens is 4. The third-order valence-electron chi connectivity index (χ3n) is 7.08. The molecule has 0 bridgehead atoms. The second-order valence-electron chi connectivity index (χ2n) is 9.46. The van der Waals surface area contributed by atoms with Crippen LogP contribution in [-0.4, -0.2) is 31.7 Å². The number of hydrogen-bond donors (Lipinski definition) is 2. The molecule has 2 saturated carbocycles. The number of nitrogens with zero attached hydrogens (tertiary/aromatic N) is 4. The molecule has 2 aliphatic rings. The third-order valence-corrected chi connectivity index (χ3v) is 7.08. The molecule has 174 valence electrons. The summed E-state index contributed by atoms with van der Waals surface area (Å²) in [6.45, 7) is 0. The van der Waals surface area contributed by atoms with Gasteiger partial charge < -0.3 is 10.6 Å². The summed E-state index contributed by atoms with van der Waals surface area (Å²) in [6, 6.07) is 15.6. The molecule has 0 aliphatic heterocycles. The van der Waals surface area contributed by atoms with Crippen molar-refractivity contribution in [3.63, 3.8) is 0 Å². The molecular weight excluding hydrogens is 427 g/mol. The molecule has 34 heavy (non-hydrogen) atoms. The summed E-state index contributed by atoms with van der Waals surface area (Å²) in [5.74, 6) is 1.36. The van der Waals surface area contributed by atoms with Crippen LogP contribution in [0.2, 0.25) is 0 Å². The minimum atomic E-state index is -0.261. The number of fused-ring (bicyclic) bond motifs is 1. The van der Waals surface area contributed by atoms with Crippen LogP contribution in [0.25, 0.3) is 28.0 Å². The lowest BCUT2D eigenvalue weighted by Gasteiger charge is -2.14. The summed E-state index contributed by atoms with van der Waals surface area (Å²) in [5, 5.41) is 12.2. The normalized spacial score (nSPS) is 17.0. The highest BCUT2D eigenvalue weighted by molar-refractivity contribution is 5.91. The summed E-state index contributed by atoms with van der Waals surface area (Å²) in [5.41, 5.74) is 4.34. The van der Waals surface area contributed by atoms with E-state index in [1.165, 1.54) is 50.7 Å². The highest BCUT2D eigenvalue weighted by Gasteiger charge is 2.22. The minimum Gasteiger partial charge on any atom is -0.367 e. The molecule has 6 rings (SSSR count). The van der Waals surface area contributed by atoms with E-state index in [1.54, 1.807) is 18.3 Å². The van der Waals surface area contributed by atoms with Gasteiger partial charge in [-0.1, -0.05) is 31.7 Å². The van der Waals surface area contributed by atoms with Crippen molar-refractivity contribution in [3.05, 3.63) is 60.5 Å². The predicted molar refractivity (Wildman–Crippen MR) is 133 cm³/mol. The lowest BCUT2D eigenvalue weighted by molar-refractivity contribution is 0.628. The average Bonchev–Trinajstić information content (AvgIpc) is 3.61. The van der Waals surface area contributed by atoms with Crippen LogP contribution < -0.4 is 10.6 Å². The van der Waals surface area contributed by atoms with Crippen molar-refractivity contribution in [1.29, 1.82) is 0 Å². The molecule has 3 aromatic heterocycles. The Labute approximate surface area is 198 Å². The minimum absolute atomic E-state index is 0.261. The number of rotatable bonds is 6. The summed E-state index contributed by atoms with van der Waals surface area (Å²) >= 11 is 0. The van der Waals surface area contributed by atoms with Gasteiger partial charge in [0.1, 0.15) is 17.3 Å². The van der Waals surface area contributed by atoms with Crippen LogP contribution in [0.3, 0.4) is 0 Å². The van der Waals surface area contributed by atoms with Gasteiger partial charge in [-0.05, 0) is 68.1 Å².